The zero-order valence-electron chi connectivity index (χ0n) is 15.7. The van der Waals surface area contributed by atoms with Crippen molar-refractivity contribution in [3.05, 3.63) is 67.6 Å². The predicted molar refractivity (Wildman–Crippen MR) is 112 cm³/mol. The first-order valence-corrected chi connectivity index (χ1v) is 10.7. The largest absolute Gasteiger partial charge is 0.365 e. The molecule has 4 heterocycles. The molecule has 2 aliphatic rings. The van der Waals surface area contributed by atoms with E-state index in [0.717, 1.165) is 56.4 Å². The number of rotatable bonds is 4. The molecule has 144 valence electrons. The van der Waals surface area contributed by atoms with Crippen molar-refractivity contribution in [2.45, 2.75) is 44.8 Å². The molecule has 0 spiro atoms. The number of hydrogen-bond donors (Lipinski definition) is 1. The summed E-state index contributed by atoms with van der Waals surface area (Å²) in [5.74, 6) is -0.364. The lowest BCUT2D eigenvalue weighted by Gasteiger charge is -2.26. The number of thiophene rings is 1. The summed E-state index contributed by atoms with van der Waals surface area (Å²) in [5.41, 5.74) is 9.06. The van der Waals surface area contributed by atoms with Crippen LogP contribution in [0.4, 0.5) is 0 Å². The highest BCUT2D eigenvalue weighted by Gasteiger charge is 2.28. The highest BCUT2D eigenvalue weighted by atomic mass is 32.1. The molecule has 5 rings (SSSR count). The normalized spacial score (nSPS) is 19.4. The van der Waals surface area contributed by atoms with E-state index in [2.05, 4.69) is 23.1 Å². The zero-order chi connectivity index (χ0) is 19.3. The summed E-state index contributed by atoms with van der Waals surface area (Å²) in [6.07, 6.45) is 4.26. The number of hydrogen-bond acceptors (Lipinski definition) is 4. The summed E-state index contributed by atoms with van der Waals surface area (Å²) < 4.78 is 1.94. The van der Waals surface area contributed by atoms with Crippen LogP contribution < -0.4 is 11.3 Å². The molecule has 6 heteroatoms. The Bertz CT molecular complexity index is 1130. The Hall–Kier alpha value is -2.44. The summed E-state index contributed by atoms with van der Waals surface area (Å²) in [6.45, 7) is 2.56. The van der Waals surface area contributed by atoms with Crippen LogP contribution >= 0.6 is 11.3 Å². The van der Waals surface area contributed by atoms with E-state index in [1.54, 1.807) is 0 Å². The fraction of sp³-hybridized carbons (Fsp3) is 0.364. The number of benzene rings is 1. The summed E-state index contributed by atoms with van der Waals surface area (Å²) in [7, 11) is 0. The molecule has 1 amide bonds. The number of pyridine rings is 1. The van der Waals surface area contributed by atoms with E-state index in [4.69, 9.17) is 5.73 Å². The van der Waals surface area contributed by atoms with E-state index in [1.807, 2.05) is 22.8 Å². The van der Waals surface area contributed by atoms with Gasteiger partial charge in [0, 0.05) is 35.5 Å². The molecule has 5 nitrogen and oxygen atoms in total. The van der Waals surface area contributed by atoms with Crippen molar-refractivity contribution in [3.63, 3.8) is 0 Å². The van der Waals surface area contributed by atoms with Gasteiger partial charge in [-0.3, -0.25) is 14.5 Å². The topological polar surface area (TPSA) is 68.3 Å². The van der Waals surface area contributed by atoms with Crippen molar-refractivity contribution in [2.24, 2.45) is 5.73 Å². The highest BCUT2D eigenvalue weighted by Crippen LogP contribution is 2.37. The number of nitrogens with two attached hydrogens (primary N) is 1. The van der Waals surface area contributed by atoms with Gasteiger partial charge in [-0.15, -0.1) is 11.3 Å². The number of likely N-dealkylation sites (tertiary alicyclic amines) is 1. The average molecular weight is 394 g/mol. The van der Waals surface area contributed by atoms with E-state index >= 15 is 0 Å². The van der Waals surface area contributed by atoms with Crippen molar-refractivity contribution >= 4 is 28.1 Å². The van der Waals surface area contributed by atoms with E-state index in [1.165, 1.54) is 27.2 Å². The minimum Gasteiger partial charge on any atom is -0.365 e. The summed E-state index contributed by atoms with van der Waals surface area (Å²) in [5, 5.41) is 1.20. The van der Waals surface area contributed by atoms with Crippen molar-refractivity contribution < 1.29 is 4.79 Å². The lowest BCUT2D eigenvalue weighted by molar-refractivity contribution is 0.100. The summed E-state index contributed by atoms with van der Waals surface area (Å²) in [6, 6.07) is 12.4. The first-order chi connectivity index (χ1) is 13.6. The third-order valence-electron chi connectivity index (χ3n) is 6.06. The van der Waals surface area contributed by atoms with E-state index < -0.39 is 0 Å². The quantitative estimate of drug-likeness (QED) is 0.738. The molecule has 1 fully saturated rings. The number of amides is 1. The predicted octanol–water partition coefficient (Wildman–Crippen LogP) is 3.45. The molecule has 0 saturated carbocycles. The van der Waals surface area contributed by atoms with Gasteiger partial charge in [0.15, 0.2) is 0 Å². The van der Waals surface area contributed by atoms with Crippen LogP contribution in [-0.2, 0) is 19.5 Å². The number of primary amides is 1. The van der Waals surface area contributed by atoms with Gasteiger partial charge in [0.25, 0.3) is 11.5 Å². The van der Waals surface area contributed by atoms with Gasteiger partial charge in [-0.1, -0.05) is 18.2 Å². The van der Waals surface area contributed by atoms with E-state index in [-0.39, 0.29) is 17.5 Å². The van der Waals surface area contributed by atoms with Crippen LogP contribution in [0.25, 0.3) is 10.9 Å². The monoisotopic (exact) mass is 393 g/mol. The standard InChI is InChI=1S/C22H23N3O2S/c23-22(27)19-9-8-18(28-19)17-7-3-10-24(17)13-15-12-20(26)25-11-2-5-14-4-1-6-16(15)21(14)25/h1,4,6,8-9,12,17H,2-3,5,7,10-11,13H2,(H2,23,27)/t17-/m0/s1. The Morgan fingerprint density at radius 2 is 2.07 bits per heavy atom. The average Bonchev–Trinajstić information content (AvgIpc) is 3.35. The lowest BCUT2D eigenvalue weighted by Crippen LogP contribution is -2.27. The first kappa shape index (κ1) is 17.6. The third kappa shape index (κ3) is 2.88. The molecule has 0 bridgehead atoms. The number of aryl methyl sites for hydroxylation is 2. The molecule has 0 radical (unpaired) electrons. The van der Waals surface area contributed by atoms with Crippen LogP contribution in [0.1, 0.15) is 51.0 Å². The van der Waals surface area contributed by atoms with Crippen LogP contribution in [0.5, 0.6) is 0 Å². The third-order valence-corrected chi connectivity index (χ3v) is 7.26. The van der Waals surface area contributed by atoms with Crippen molar-refractivity contribution in [2.75, 3.05) is 6.54 Å². The van der Waals surface area contributed by atoms with E-state index in [9.17, 15) is 9.59 Å². The number of para-hydroxylation sites is 1. The molecule has 2 aromatic heterocycles. The van der Waals surface area contributed by atoms with Crippen LogP contribution in [0.3, 0.4) is 0 Å². The molecule has 2 aliphatic heterocycles. The second-order valence-corrected chi connectivity index (χ2v) is 8.89. The number of carbonyl (C=O) groups is 1. The second-order valence-electron chi connectivity index (χ2n) is 7.77. The Labute approximate surface area is 167 Å². The smallest absolute Gasteiger partial charge is 0.258 e. The maximum atomic E-state index is 12.8. The zero-order valence-corrected chi connectivity index (χ0v) is 16.5. The van der Waals surface area contributed by atoms with Gasteiger partial charge in [-0.25, -0.2) is 0 Å². The van der Waals surface area contributed by atoms with Gasteiger partial charge in [0.05, 0.1) is 10.4 Å². The molecular weight excluding hydrogens is 370 g/mol. The minimum absolute atomic E-state index is 0.109. The van der Waals surface area contributed by atoms with E-state index in [0.29, 0.717) is 4.88 Å². The Kier molecular flexibility index (Phi) is 4.33. The maximum absolute atomic E-state index is 12.8. The number of carbonyl (C=O) groups excluding carboxylic acids is 1. The van der Waals surface area contributed by atoms with Crippen molar-refractivity contribution in [3.8, 4) is 0 Å². The molecule has 2 N–H and O–H groups in total. The molecule has 3 aromatic rings. The molecule has 0 unspecified atom stereocenters. The number of aromatic nitrogens is 1. The van der Waals surface area contributed by atoms with Crippen LogP contribution in [0, 0.1) is 0 Å². The fourth-order valence-electron chi connectivity index (χ4n) is 4.79. The van der Waals surface area contributed by atoms with Gasteiger partial charge in [0.2, 0.25) is 0 Å². The fourth-order valence-corrected chi connectivity index (χ4v) is 5.82. The van der Waals surface area contributed by atoms with Crippen molar-refractivity contribution in [1.82, 2.24) is 9.47 Å². The lowest BCUT2D eigenvalue weighted by atomic mass is 9.98. The van der Waals surface area contributed by atoms with Gasteiger partial charge in [-0.05, 0) is 55.5 Å². The van der Waals surface area contributed by atoms with Gasteiger partial charge in [0.1, 0.15) is 0 Å². The van der Waals surface area contributed by atoms with Gasteiger partial charge in [-0.2, -0.15) is 0 Å². The summed E-state index contributed by atoms with van der Waals surface area (Å²) in [4.78, 5) is 28.5. The molecule has 28 heavy (non-hydrogen) atoms. The van der Waals surface area contributed by atoms with Crippen molar-refractivity contribution in [1.29, 1.82) is 0 Å². The Balaban J connectivity index is 1.52. The first-order valence-electron chi connectivity index (χ1n) is 9.90. The Morgan fingerprint density at radius 1 is 1.18 bits per heavy atom. The van der Waals surface area contributed by atoms with Gasteiger partial charge >= 0.3 is 0 Å². The molecule has 1 saturated heterocycles. The number of nitrogens with zero attached hydrogens (tertiary/aromatic N) is 2. The van der Waals surface area contributed by atoms with Crippen LogP contribution in [0.15, 0.2) is 41.2 Å². The highest BCUT2D eigenvalue weighted by molar-refractivity contribution is 7.14. The minimum atomic E-state index is -0.364. The molecule has 1 aromatic carbocycles. The van der Waals surface area contributed by atoms with Gasteiger partial charge < -0.3 is 10.3 Å². The Morgan fingerprint density at radius 3 is 2.89 bits per heavy atom. The molecular formula is C22H23N3O2S. The van der Waals surface area contributed by atoms with Crippen LogP contribution in [-0.4, -0.2) is 21.9 Å². The maximum Gasteiger partial charge on any atom is 0.258 e. The second kappa shape index (κ2) is 6.87. The van der Waals surface area contributed by atoms with Crippen LogP contribution in [0.2, 0.25) is 0 Å². The SMILES string of the molecule is NC(=O)c1ccc([C@@H]2CCCN2Cc2cc(=O)n3c4c(cccc24)CCC3)s1. The summed E-state index contributed by atoms with van der Waals surface area (Å²) >= 11 is 1.49. The molecule has 1 atom stereocenters. The molecule has 0 aliphatic carbocycles.